The van der Waals surface area contributed by atoms with E-state index < -0.39 is 0 Å². The number of carbonyl (C=O) groups excluding carboxylic acids is 1. The van der Waals surface area contributed by atoms with E-state index in [1.54, 1.807) is 6.92 Å². The van der Waals surface area contributed by atoms with E-state index in [0.717, 1.165) is 19.4 Å². The van der Waals surface area contributed by atoms with Crippen LogP contribution in [0.15, 0.2) is 0 Å². The van der Waals surface area contributed by atoms with Gasteiger partial charge in [-0.1, -0.05) is 13.3 Å². The van der Waals surface area contributed by atoms with Crippen LogP contribution in [0.2, 0.25) is 0 Å². The molecular formula is C11H22N2O. The van der Waals surface area contributed by atoms with Crippen molar-refractivity contribution in [2.75, 3.05) is 6.54 Å². The predicted molar refractivity (Wildman–Crippen MR) is 57.8 cm³/mol. The normalized spacial score (nSPS) is 29.6. The molecule has 3 unspecified atom stereocenters. The second-order valence-electron chi connectivity index (χ2n) is 4.54. The van der Waals surface area contributed by atoms with E-state index >= 15 is 0 Å². The SMILES string of the molecule is CC(=O)NC1CCCC(C(C)CN)C1. The molecular weight excluding hydrogens is 176 g/mol. The van der Waals surface area contributed by atoms with E-state index in [1.165, 1.54) is 12.8 Å². The van der Waals surface area contributed by atoms with E-state index in [1.807, 2.05) is 0 Å². The fourth-order valence-electron chi connectivity index (χ4n) is 2.36. The smallest absolute Gasteiger partial charge is 0.217 e. The van der Waals surface area contributed by atoms with Gasteiger partial charge in [-0.25, -0.2) is 0 Å². The fraction of sp³-hybridized carbons (Fsp3) is 0.909. The maximum atomic E-state index is 10.9. The molecule has 82 valence electrons. The van der Waals surface area contributed by atoms with Crippen LogP contribution in [-0.2, 0) is 4.79 Å². The minimum atomic E-state index is 0.0936. The molecule has 1 aliphatic carbocycles. The van der Waals surface area contributed by atoms with Crippen molar-refractivity contribution in [1.82, 2.24) is 5.32 Å². The van der Waals surface area contributed by atoms with E-state index in [4.69, 9.17) is 5.73 Å². The predicted octanol–water partition coefficient (Wildman–Crippen LogP) is 1.28. The first-order valence-corrected chi connectivity index (χ1v) is 5.60. The second-order valence-corrected chi connectivity index (χ2v) is 4.54. The molecule has 0 heterocycles. The number of nitrogens with two attached hydrogens (primary N) is 1. The molecule has 1 rings (SSSR count). The zero-order chi connectivity index (χ0) is 10.6. The first-order valence-electron chi connectivity index (χ1n) is 5.60. The summed E-state index contributed by atoms with van der Waals surface area (Å²) in [5.74, 6) is 1.38. The summed E-state index contributed by atoms with van der Waals surface area (Å²) in [6, 6.07) is 0.389. The Balaban J connectivity index is 2.39. The highest BCUT2D eigenvalue weighted by molar-refractivity contribution is 5.73. The topological polar surface area (TPSA) is 55.1 Å². The summed E-state index contributed by atoms with van der Waals surface area (Å²) in [7, 11) is 0. The molecule has 1 fully saturated rings. The number of amides is 1. The van der Waals surface area contributed by atoms with Gasteiger partial charge in [-0.05, 0) is 37.6 Å². The van der Waals surface area contributed by atoms with Gasteiger partial charge >= 0.3 is 0 Å². The van der Waals surface area contributed by atoms with Gasteiger partial charge in [0.25, 0.3) is 0 Å². The van der Waals surface area contributed by atoms with Gasteiger partial charge in [0, 0.05) is 13.0 Å². The molecule has 0 bridgehead atoms. The Kier molecular flexibility index (Phi) is 4.39. The number of carbonyl (C=O) groups is 1. The molecule has 3 heteroatoms. The van der Waals surface area contributed by atoms with Gasteiger partial charge in [0.1, 0.15) is 0 Å². The molecule has 0 aliphatic heterocycles. The highest BCUT2D eigenvalue weighted by Crippen LogP contribution is 2.29. The van der Waals surface area contributed by atoms with Crippen molar-refractivity contribution in [1.29, 1.82) is 0 Å². The van der Waals surface area contributed by atoms with Crippen molar-refractivity contribution in [3.8, 4) is 0 Å². The van der Waals surface area contributed by atoms with Crippen LogP contribution >= 0.6 is 0 Å². The summed E-state index contributed by atoms with van der Waals surface area (Å²) < 4.78 is 0. The summed E-state index contributed by atoms with van der Waals surface area (Å²) >= 11 is 0. The number of nitrogens with one attached hydrogen (secondary N) is 1. The van der Waals surface area contributed by atoms with E-state index in [2.05, 4.69) is 12.2 Å². The van der Waals surface area contributed by atoms with Crippen LogP contribution in [0.4, 0.5) is 0 Å². The van der Waals surface area contributed by atoms with Crippen molar-refractivity contribution in [3.05, 3.63) is 0 Å². The first kappa shape index (κ1) is 11.5. The lowest BCUT2D eigenvalue weighted by molar-refractivity contribution is -0.120. The Labute approximate surface area is 86.4 Å². The molecule has 0 radical (unpaired) electrons. The number of rotatable bonds is 3. The average molecular weight is 198 g/mol. The van der Waals surface area contributed by atoms with Crippen LogP contribution < -0.4 is 11.1 Å². The van der Waals surface area contributed by atoms with Crippen molar-refractivity contribution in [2.45, 2.75) is 45.6 Å². The maximum absolute atomic E-state index is 10.9. The maximum Gasteiger partial charge on any atom is 0.217 e. The Morgan fingerprint density at radius 1 is 1.57 bits per heavy atom. The molecule has 0 saturated heterocycles. The minimum Gasteiger partial charge on any atom is -0.354 e. The van der Waals surface area contributed by atoms with Crippen LogP contribution in [0.25, 0.3) is 0 Å². The first-order chi connectivity index (χ1) is 6.63. The second kappa shape index (κ2) is 5.35. The van der Waals surface area contributed by atoms with Crippen molar-refractivity contribution >= 4 is 5.91 Å². The lowest BCUT2D eigenvalue weighted by Gasteiger charge is -2.32. The summed E-state index contributed by atoms with van der Waals surface area (Å²) in [6.07, 6.45) is 4.74. The molecule has 3 atom stereocenters. The van der Waals surface area contributed by atoms with E-state index in [-0.39, 0.29) is 5.91 Å². The van der Waals surface area contributed by atoms with Gasteiger partial charge in [0.2, 0.25) is 5.91 Å². The summed E-state index contributed by atoms with van der Waals surface area (Å²) in [4.78, 5) is 10.9. The molecule has 3 nitrogen and oxygen atoms in total. The van der Waals surface area contributed by atoms with Gasteiger partial charge in [-0.3, -0.25) is 4.79 Å². The molecule has 1 aliphatic rings. The van der Waals surface area contributed by atoms with Gasteiger partial charge in [0.05, 0.1) is 0 Å². The number of hydrogen-bond acceptors (Lipinski definition) is 2. The molecule has 3 N–H and O–H groups in total. The molecule has 1 saturated carbocycles. The van der Waals surface area contributed by atoms with Gasteiger partial charge in [-0.15, -0.1) is 0 Å². The van der Waals surface area contributed by atoms with Gasteiger partial charge in [0.15, 0.2) is 0 Å². The molecule has 0 spiro atoms. The molecule has 0 aromatic heterocycles. The number of hydrogen-bond donors (Lipinski definition) is 2. The third-order valence-corrected chi connectivity index (χ3v) is 3.30. The molecule has 1 amide bonds. The molecule has 0 aromatic carbocycles. The minimum absolute atomic E-state index is 0.0936. The standard InChI is InChI=1S/C11H22N2O/c1-8(7-12)10-4-3-5-11(6-10)13-9(2)14/h8,10-11H,3-7,12H2,1-2H3,(H,13,14). The van der Waals surface area contributed by atoms with E-state index in [0.29, 0.717) is 17.9 Å². The Bertz CT molecular complexity index is 194. The van der Waals surface area contributed by atoms with Crippen molar-refractivity contribution in [3.63, 3.8) is 0 Å². The molecule has 14 heavy (non-hydrogen) atoms. The quantitative estimate of drug-likeness (QED) is 0.717. The largest absolute Gasteiger partial charge is 0.354 e. The summed E-state index contributed by atoms with van der Waals surface area (Å²) in [5, 5.41) is 3.01. The Morgan fingerprint density at radius 3 is 2.86 bits per heavy atom. The van der Waals surface area contributed by atoms with Gasteiger partial charge in [-0.2, -0.15) is 0 Å². The van der Waals surface area contributed by atoms with Crippen LogP contribution in [0.5, 0.6) is 0 Å². The highest BCUT2D eigenvalue weighted by atomic mass is 16.1. The highest BCUT2D eigenvalue weighted by Gasteiger charge is 2.25. The Morgan fingerprint density at radius 2 is 2.29 bits per heavy atom. The van der Waals surface area contributed by atoms with Crippen LogP contribution in [0.3, 0.4) is 0 Å². The van der Waals surface area contributed by atoms with Gasteiger partial charge < -0.3 is 11.1 Å². The van der Waals surface area contributed by atoms with Crippen molar-refractivity contribution in [2.24, 2.45) is 17.6 Å². The lowest BCUT2D eigenvalue weighted by Crippen LogP contribution is -2.39. The molecule has 0 aromatic rings. The summed E-state index contributed by atoms with van der Waals surface area (Å²) in [5.41, 5.74) is 5.66. The van der Waals surface area contributed by atoms with Crippen LogP contribution in [0, 0.1) is 11.8 Å². The lowest BCUT2D eigenvalue weighted by atomic mass is 9.78. The fourth-order valence-corrected chi connectivity index (χ4v) is 2.36. The van der Waals surface area contributed by atoms with Crippen LogP contribution in [0.1, 0.15) is 39.5 Å². The van der Waals surface area contributed by atoms with E-state index in [9.17, 15) is 4.79 Å². The zero-order valence-electron chi connectivity index (χ0n) is 9.25. The van der Waals surface area contributed by atoms with Crippen LogP contribution in [-0.4, -0.2) is 18.5 Å². The zero-order valence-corrected chi connectivity index (χ0v) is 9.25. The average Bonchev–Trinajstić information content (AvgIpc) is 2.16. The third kappa shape index (κ3) is 3.29. The summed E-state index contributed by atoms with van der Waals surface area (Å²) in [6.45, 7) is 4.56. The Hall–Kier alpha value is -0.570. The third-order valence-electron chi connectivity index (χ3n) is 3.30. The monoisotopic (exact) mass is 198 g/mol. The van der Waals surface area contributed by atoms with Crippen molar-refractivity contribution < 1.29 is 4.79 Å².